The van der Waals surface area contributed by atoms with Crippen molar-refractivity contribution in [2.24, 2.45) is 0 Å². The molecular formula is C18H22F2N9O10P. The Hall–Kier alpha value is -3.43. The number of hydrogen-bond donors (Lipinski definition) is 6. The third kappa shape index (κ3) is 5.08. The molecule has 0 amide bonds. The van der Waals surface area contributed by atoms with Crippen LogP contribution in [-0.2, 0) is 23.1 Å². The van der Waals surface area contributed by atoms with Crippen LogP contribution in [0.1, 0.15) is 12.5 Å². The second-order valence-electron chi connectivity index (χ2n) is 8.71. The molecule has 0 radical (unpaired) electrons. The van der Waals surface area contributed by atoms with E-state index in [0.29, 0.717) is 4.57 Å². The molecule has 2 aliphatic rings. The van der Waals surface area contributed by atoms with Crippen molar-refractivity contribution >= 4 is 30.9 Å². The van der Waals surface area contributed by atoms with Crippen LogP contribution >= 0.6 is 7.82 Å². The van der Waals surface area contributed by atoms with Crippen molar-refractivity contribution in [1.29, 1.82) is 0 Å². The largest absolute Gasteiger partial charge is 0.472 e. The fraction of sp³-hybridized carbons (Fsp3) is 0.556. The number of rotatable bonds is 8. The predicted octanol–water partition coefficient (Wildman–Crippen LogP) is -2.74. The Kier molecular flexibility index (Phi) is 7.39. The van der Waals surface area contributed by atoms with Gasteiger partial charge in [-0.05, 0) is 0 Å². The van der Waals surface area contributed by atoms with Gasteiger partial charge in [0.2, 0.25) is 11.9 Å². The number of aromatic amines is 1. The SMILES string of the molecule is Nc1ncn([C@@H]2O[C@H](CO)[C@@H](OP(=O)(O)OC[C@H]3O[C@@H](n4cnc5c(=O)[nH]c(N)nc54)[C@H](F)[C@@H]3O)[C@H]2F)c(=O)n1. The molecule has 1 unspecified atom stereocenters. The lowest BCUT2D eigenvalue weighted by molar-refractivity contribution is -0.0576. The summed E-state index contributed by atoms with van der Waals surface area (Å²) in [6.07, 6.45) is -12.8. The van der Waals surface area contributed by atoms with Gasteiger partial charge in [0.05, 0.1) is 19.5 Å². The summed E-state index contributed by atoms with van der Waals surface area (Å²) in [4.78, 5) is 51.0. The first-order valence-corrected chi connectivity index (χ1v) is 12.9. The van der Waals surface area contributed by atoms with Gasteiger partial charge in [-0.1, -0.05) is 0 Å². The van der Waals surface area contributed by atoms with Crippen LogP contribution < -0.4 is 22.7 Å². The highest BCUT2D eigenvalue weighted by molar-refractivity contribution is 7.47. The van der Waals surface area contributed by atoms with Gasteiger partial charge in [-0.15, -0.1) is 0 Å². The molecule has 5 heterocycles. The van der Waals surface area contributed by atoms with E-state index in [9.17, 15) is 33.7 Å². The number of hydrogen-bond acceptors (Lipinski definition) is 15. The smallest absolute Gasteiger partial charge is 0.394 e. The van der Waals surface area contributed by atoms with E-state index >= 15 is 4.39 Å². The predicted molar refractivity (Wildman–Crippen MR) is 125 cm³/mol. The van der Waals surface area contributed by atoms with Crippen LogP contribution in [-0.4, -0.2) is 99.1 Å². The first-order valence-electron chi connectivity index (χ1n) is 11.4. The van der Waals surface area contributed by atoms with Crippen LogP contribution in [0.25, 0.3) is 11.2 Å². The molecule has 0 bridgehead atoms. The molecule has 3 aromatic heterocycles. The number of nitrogen functional groups attached to an aromatic ring is 2. The fourth-order valence-corrected chi connectivity index (χ4v) is 5.22. The van der Waals surface area contributed by atoms with Gasteiger partial charge in [0.25, 0.3) is 5.56 Å². The number of aliphatic hydroxyl groups excluding tert-OH is 2. The lowest BCUT2D eigenvalue weighted by Crippen LogP contribution is -2.36. The molecule has 218 valence electrons. The van der Waals surface area contributed by atoms with Crippen molar-refractivity contribution in [2.45, 2.75) is 49.2 Å². The van der Waals surface area contributed by atoms with E-state index < -0.39 is 87.4 Å². The number of phosphoric ester groups is 1. The van der Waals surface area contributed by atoms with E-state index in [1.165, 1.54) is 0 Å². The van der Waals surface area contributed by atoms with Crippen molar-refractivity contribution in [2.75, 3.05) is 24.7 Å². The van der Waals surface area contributed by atoms with Gasteiger partial charge < -0.3 is 36.0 Å². The Labute approximate surface area is 219 Å². The van der Waals surface area contributed by atoms with Gasteiger partial charge in [0, 0.05) is 0 Å². The molecule has 2 fully saturated rings. The molecule has 0 saturated carbocycles. The average molecular weight is 593 g/mol. The van der Waals surface area contributed by atoms with Crippen LogP contribution in [0, 0.1) is 0 Å². The molecule has 9 atom stereocenters. The van der Waals surface area contributed by atoms with Crippen molar-refractivity contribution in [1.82, 2.24) is 34.1 Å². The quantitative estimate of drug-likeness (QED) is 0.144. The van der Waals surface area contributed by atoms with Crippen LogP contribution in [0.15, 0.2) is 22.2 Å². The number of anilines is 2. The number of aromatic nitrogens is 7. The number of nitrogens with zero attached hydrogens (tertiary/aromatic N) is 6. The molecular weight excluding hydrogens is 571 g/mol. The number of phosphoric acid groups is 1. The highest BCUT2D eigenvalue weighted by atomic mass is 31.2. The minimum atomic E-state index is -5.17. The molecule has 8 N–H and O–H groups in total. The Bertz CT molecular complexity index is 1570. The molecule has 0 aromatic carbocycles. The summed E-state index contributed by atoms with van der Waals surface area (Å²) in [5.41, 5.74) is 8.75. The lowest BCUT2D eigenvalue weighted by Gasteiger charge is -2.22. The highest BCUT2D eigenvalue weighted by Gasteiger charge is 2.51. The minimum absolute atomic E-state index is 0.149. The number of H-pyrrole nitrogens is 1. The van der Waals surface area contributed by atoms with Gasteiger partial charge in [-0.25, -0.2) is 28.1 Å². The van der Waals surface area contributed by atoms with E-state index in [4.69, 9.17) is 30.0 Å². The number of aliphatic hydroxyl groups is 2. The van der Waals surface area contributed by atoms with Gasteiger partial charge in [0.1, 0.15) is 30.7 Å². The van der Waals surface area contributed by atoms with Crippen LogP contribution in [0.5, 0.6) is 0 Å². The zero-order valence-electron chi connectivity index (χ0n) is 19.9. The van der Waals surface area contributed by atoms with Crippen molar-refractivity contribution in [3.63, 3.8) is 0 Å². The molecule has 2 saturated heterocycles. The van der Waals surface area contributed by atoms with E-state index in [-0.39, 0.29) is 17.1 Å². The first kappa shape index (κ1) is 28.1. The minimum Gasteiger partial charge on any atom is -0.394 e. The molecule has 2 aliphatic heterocycles. The molecule has 3 aromatic rings. The number of halogens is 2. The third-order valence-corrected chi connectivity index (χ3v) is 7.13. The third-order valence-electron chi connectivity index (χ3n) is 6.14. The number of nitrogens with two attached hydrogens (primary N) is 2. The molecule has 22 heteroatoms. The van der Waals surface area contributed by atoms with Gasteiger partial charge in [-0.2, -0.15) is 9.97 Å². The van der Waals surface area contributed by atoms with E-state index in [2.05, 4.69) is 24.9 Å². The number of imidazole rings is 1. The van der Waals surface area contributed by atoms with Gasteiger partial charge >= 0.3 is 13.5 Å². The zero-order chi connectivity index (χ0) is 28.9. The van der Waals surface area contributed by atoms with E-state index in [0.717, 1.165) is 17.2 Å². The zero-order valence-corrected chi connectivity index (χ0v) is 20.8. The summed E-state index contributed by atoms with van der Waals surface area (Å²) in [7, 11) is -5.17. The maximum absolute atomic E-state index is 15.2. The summed E-state index contributed by atoms with van der Waals surface area (Å²) in [6.45, 7) is -1.81. The molecule has 19 nitrogen and oxygen atoms in total. The maximum Gasteiger partial charge on any atom is 0.472 e. The van der Waals surface area contributed by atoms with Crippen LogP contribution in [0.4, 0.5) is 20.7 Å². The second-order valence-corrected chi connectivity index (χ2v) is 10.1. The van der Waals surface area contributed by atoms with Crippen molar-refractivity contribution in [3.8, 4) is 0 Å². The van der Waals surface area contributed by atoms with Crippen LogP contribution in [0.2, 0.25) is 0 Å². The maximum atomic E-state index is 15.2. The van der Waals surface area contributed by atoms with E-state index in [1.807, 2.05) is 0 Å². The topological polar surface area (TPSA) is 278 Å². The second kappa shape index (κ2) is 10.5. The molecule has 0 aliphatic carbocycles. The van der Waals surface area contributed by atoms with E-state index in [1.54, 1.807) is 0 Å². The summed E-state index contributed by atoms with van der Waals surface area (Å²) in [5, 5.41) is 19.9. The molecule has 5 rings (SSSR count). The average Bonchev–Trinajstić information content (AvgIpc) is 3.53. The summed E-state index contributed by atoms with van der Waals surface area (Å²) >= 11 is 0. The Morgan fingerprint density at radius 1 is 1.07 bits per heavy atom. The van der Waals surface area contributed by atoms with Crippen LogP contribution in [0.3, 0.4) is 0 Å². The number of nitrogens with one attached hydrogen (secondary N) is 1. The first-order chi connectivity index (χ1) is 18.9. The molecule has 0 spiro atoms. The summed E-state index contributed by atoms with van der Waals surface area (Å²) in [5.74, 6) is -0.676. The Balaban J connectivity index is 1.27. The highest BCUT2D eigenvalue weighted by Crippen LogP contribution is 2.49. The normalized spacial score (nSPS) is 32.0. The van der Waals surface area contributed by atoms with Gasteiger partial charge in [-0.3, -0.25) is 28.0 Å². The summed E-state index contributed by atoms with van der Waals surface area (Å²) in [6, 6.07) is 0. The van der Waals surface area contributed by atoms with Crippen molar-refractivity contribution in [3.05, 3.63) is 33.5 Å². The van der Waals surface area contributed by atoms with Gasteiger partial charge in [0.15, 0.2) is 36.0 Å². The Morgan fingerprint density at radius 2 is 1.75 bits per heavy atom. The number of fused-ring (bicyclic) bond motifs is 1. The monoisotopic (exact) mass is 593 g/mol. The summed E-state index contributed by atoms with van der Waals surface area (Å²) < 4.78 is 64.7. The Morgan fingerprint density at radius 3 is 2.45 bits per heavy atom. The number of ether oxygens (including phenoxy) is 2. The lowest BCUT2D eigenvalue weighted by atomic mass is 10.1. The number of alkyl halides is 2. The fourth-order valence-electron chi connectivity index (χ4n) is 4.27. The standard InChI is InChI=1S/C18H22F2N9O10P/c19-7-10(31)6(38-14(7)28-3-23-9-12(28)25-17(22)26-13(9)32)2-36-40(34,35)39-11-5(1-30)37-15(8(11)20)29-4-24-16(21)27-18(29)33/h3-8,10-11,14-15,30-31H,1-2H2,(H,34,35)(H2,21,27,33)(H3,22,25,26,32)/t5-,6-,7-,8-,10-,11-,14-,15-/m1/s1. The van der Waals surface area contributed by atoms with Crippen molar-refractivity contribution < 1.29 is 47.0 Å². The molecule has 40 heavy (non-hydrogen) atoms.